The van der Waals surface area contributed by atoms with E-state index in [1.807, 2.05) is 31.2 Å². The van der Waals surface area contributed by atoms with Gasteiger partial charge in [-0.25, -0.2) is 0 Å². The maximum atomic E-state index is 6.15. The van der Waals surface area contributed by atoms with Gasteiger partial charge in [0.05, 0.1) is 19.0 Å². The summed E-state index contributed by atoms with van der Waals surface area (Å²) in [7, 11) is 1.58. The van der Waals surface area contributed by atoms with Crippen LogP contribution in [0.3, 0.4) is 0 Å². The summed E-state index contributed by atoms with van der Waals surface area (Å²) in [5.41, 5.74) is 2.41. The molecule has 2 N–H and O–H groups in total. The number of fused-ring (bicyclic) bond motifs is 1. The monoisotopic (exact) mass is 385 g/mol. The van der Waals surface area contributed by atoms with Gasteiger partial charge in [-0.05, 0) is 30.7 Å². The molecule has 0 saturated heterocycles. The van der Waals surface area contributed by atoms with Crippen molar-refractivity contribution in [3.05, 3.63) is 47.1 Å². The Balaban J connectivity index is 1.55. The molecule has 9 heteroatoms. The third-order valence-electron chi connectivity index (χ3n) is 3.93. The van der Waals surface area contributed by atoms with Crippen LogP contribution < -0.4 is 24.8 Å². The summed E-state index contributed by atoms with van der Waals surface area (Å²) in [6.45, 7) is 2.14. The lowest BCUT2D eigenvalue weighted by atomic mass is 10.2. The van der Waals surface area contributed by atoms with Gasteiger partial charge in [0.15, 0.2) is 17.3 Å². The van der Waals surface area contributed by atoms with Crippen LogP contribution in [-0.2, 0) is 0 Å². The second-order valence-corrected chi connectivity index (χ2v) is 6.19. The molecule has 0 aliphatic carbocycles. The molecule has 2 heterocycles. The Hall–Kier alpha value is -3.26. The minimum absolute atomic E-state index is 0.221. The van der Waals surface area contributed by atoms with Gasteiger partial charge in [0, 0.05) is 22.8 Å². The molecule has 0 unspecified atom stereocenters. The quantitative estimate of drug-likeness (QED) is 0.679. The number of nitrogens with zero attached hydrogens (tertiary/aromatic N) is 3. The number of hydrogen-bond acceptors (Lipinski definition) is 8. The van der Waals surface area contributed by atoms with Crippen LogP contribution >= 0.6 is 11.6 Å². The third-order valence-corrected chi connectivity index (χ3v) is 4.34. The second-order valence-electron chi connectivity index (χ2n) is 5.78. The number of hydrogen-bond donors (Lipinski definition) is 2. The van der Waals surface area contributed by atoms with Crippen LogP contribution in [0.5, 0.6) is 17.2 Å². The van der Waals surface area contributed by atoms with E-state index < -0.39 is 0 Å². The van der Waals surface area contributed by atoms with Gasteiger partial charge in [0.25, 0.3) is 0 Å². The van der Waals surface area contributed by atoms with Crippen LogP contribution in [0.15, 0.2) is 36.5 Å². The van der Waals surface area contributed by atoms with Gasteiger partial charge in [-0.15, -0.1) is 5.10 Å². The fraction of sp³-hybridized carbons (Fsp3) is 0.167. The highest BCUT2D eigenvalue weighted by Crippen LogP contribution is 2.35. The van der Waals surface area contributed by atoms with Gasteiger partial charge in [0.1, 0.15) is 5.75 Å². The SMILES string of the molecule is COc1cc(Cl)c(C)cc1Nc1cnnc(Nc2ccc3c(c2)OCO3)n1. The molecule has 0 bridgehead atoms. The summed E-state index contributed by atoms with van der Waals surface area (Å²) >= 11 is 6.15. The Labute approximate surface area is 160 Å². The molecular formula is C18H16ClN5O3. The number of benzene rings is 2. The molecule has 0 saturated carbocycles. The molecule has 8 nitrogen and oxygen atoms in total. The van der Waals surface area contributed by atoms with Crippen LogP contribution in [0.2, 0.25) is 5.02 Å². The molecule has 0 spiro atoms. The third kappa shape index (κ3) is 3.65. The fourth-order valence-electron chi connectivity index (χ4n) is 2.59. The minimum Gasteiger partial charge on any atom is -0.495 e. The maximum absolute atomic E-state index is 6.15. The Bertz CT molecular complexity index is 999. The van der Waals surface area contributed by atoms with Gasteiger partial charge in [-0.2, -0.15) is 10.1 Å². The van der Waals surface area contributed by atoms with Gasteiger partial charge in [0.2, 0.25) is 12.7 Å². The van der Waals surface area contributed by atoms with E-state index >= 15 is 0 Å². The van der Waals surface area contributed by atoms with E-state index in [0.717, 1.165) is 16.9 Å². The van der Waals surface area contributed by atoms with E-state index in [1.54, 1.807) is 13.2 Å². The predicted octanol–water partition coefficient (Wildman–Crippen LogP) is 4.06. The highest BCUT2D eigenvalue weighted by molar-refractivity contribution is 6.31. The number of anilines is 4. The molecule has 2 aromatic carbocycles. The van der Waals surface area contributed by atoms with Crippen molar-refractivity contribution in [1.82, 2.24) is 15.2 Å². The zero-order valence-corrected chi connectivity index (χ0v) is 15.4. The predicted molar refractivity (Wildman–Crippen MR) is 102 cm³/mol. The maximum Gasteiger partial charge on any atom is 0.249 e. The van der Waals surface area contributed by atoms with Crippen molar-refractivity contribution < 1.29 is 14.2 Å². The zero-order chi connectivity index (χ0) is 18.8. The Kier molecular flexibility index (Phi) is 4.55. The minimum atomic E-state index is 0.221. The van der Waals surface area contributed by atoms with Crippen LogP contribution in [0, 0.1) is 6.92 Å². The number of rotatable bonds is 5. The summed E-state index contributed by atoms with van der Waals surface area (Å²) in [5, 5.41) is 14.9. The summed E-state index contributed by atoms with van der Waals surface area (Å²) in [4.78, 5) is 4.43. The van der Waals surface area contributed by atoms with Crippen molar-refractivity contribution in [2.24, 2.45) is 0 Å². The Morgan fingerprint density at radius 1 is 1.11 bits per heavy atom. The van der Waals surface area contributed by atoms with E-state index in [-0.39, 0.29) is 6.79 Å². The average Bonchev–Trinajstić information content (AvgIpc) is 3.12. The Morgan fingerprint density at radius 2 is 1.96 bits per heavy atom. The van der Waals surface area contributed by atoms with Crippen molar-refractivity contribution >= 4 is 34.7 Å². The van der Waals surface area contributed by atoms with Crippen molar-refractivity contribution in [1.29, 1.82) is 0 Å². The molecule has 0 radical (unpaired) electrons. The van der Waals surface area contributed by atoms with Crippen molar-refractivity contribution in [3.8, 4) is 17.2 Å². The van der Waals surface area contributed by atoms with E-state index in [9.17, 15) is 0 Å². The molecular weight excluding hydrogens is 370 g/mol. The molecule has 4 rings (SSSR count). The zero-order valence-electron chi connectivity index (χ0n) is 14.6. The Morgan fingerprint density at radius 3 is 2.81 bits per heavy atom. The molecule has 0 atom stereocenters. The first-order valence-corrected chi connectivity index (χ1v) is 8.48. The summed E-state index contributed by atoms with van der Waals surface area (Å²) in [5.74, 6) is 2.83. The van der Waals surface area contributed by atoms with Crippen molar-refractivity contribution in [3.63, 3.8) is 0 Å². The molecule has 138 valence electrons. The van der Waals surface area contributed by atoms with Crippen molar-refractivity contribution in [2.75, 3.05) is 24.5 Å². The number of halogens is 1. The molecule has 3 aromatic rings. The van der Waals surface area contributed by atoms with Gasteiger partial charge in [-0.3, -0.25) is 0 Å². The van der Waals surface area contributed by atoms with Crippen LogP contribution in [-0.4, -0.2) is 29.1 Å². The van der Waals surface area contributed by atoms with Crippen LogP contribution in [0.4, 0.5) is 23.1 Å². The molecule has 1 aromatic heterocycles. The second kappa shape index (κ2) is 7.16. The highest BCUT2D eigenvalue weighted by Gasteiger charge is 2.14. The van der Waals surface area contributed by atoms with Crippen molar-refractivity contribution in [2.45, 2.75) is 6.92 Å². The summed E-state index contributed by atoms with van der Waals surface area (Å²) < 4.78 is 16.0. The number of aryl methyl sites for hydroxylation is 1. The average molecular weight is 386 g/mol. The lowest BCUT2D eigenvalue weighted by molar-refractivity contribution is 0.174. The van der Waals surface area contributed by atoms with Crippen LogP contribution in [0.1, 0.15) is 5.56 Å². The first-order valence-electron chi connectivity index (χ1n) is 8.10. The van der Waals surface area contributed by atoms with E-state index in [4.69, 9.17) is 25.8 Å². The molecule has 27 heavy (non-hydrogen) atoms. The first-order chi connectivity index (χ1) is 13.1. The van der Waals surface area contributed by atoms with Gasteiger partial charge in [-0.1, -0.05) is 11.6 Å². The topological polar surface area (TPSA) is 90.4 Å². The number of nitrogens with one attached hydrogen (secondary N) is 2. The normalized spacial score (nSPS) is 12.0. The molecule has 0 fully saturated rings. The van der Waals surface area contributed by atoms with E-state index in [1.165, 1.54) is 6.20 Å². The number of aromatic nitrogens is 3. The van der Waals surface area contributed by atoms with E-state index in [0.29, 0.717) is 34.0 Å². The largest absolute Gasteiger partial charge is 0.495 e. The van der Waals surface area contributed by atoms with Crippen LogP contribution in [0.25, 0.3) is 0 Å². The standard InChI is InChI=1S/C18H16ClN5O3/c1-10-5-13(15(25-2)7-12(10)19)22-17-8-20-24-18(23-17)21-11-3-4-14-16(6-11)27-9-26-14/h3-8H,9H2,1-2H3,(H2,21,22,23,24). The summed E-state index contributed by atoms with van der Waals surface area (Å²) in [6, 6.07) is 9.12. The highest BCUT2D eigenvalue weighted by atomic mass is 35.5. The molecule has 1 aliphatic heterocycles. The first kappa shape index (κ1) is 17.2. The molecule has 1 aliphatic rings. The van der Waals surface area contributed by atoms with Gasteiger partial charge < -0.3 is 24.8 Å². The fourth-order valence-corrected chi connectivity index (χ4v) is 2.74. The molecule has 0 amide bonds. The lowest BCUT2D eigenvalue weighted by Gasteiger charge is -2.13. The number of methoxy groups -OCH3 is 1. The summed E-state index contributed by atoms with van der Waals surface area (Å²) in [6.07, 6.45) is 1.52. The van der Waals surface area contributed by atoms with E-state index in [2.05, 4.69) is 25.8 Å². The number of ether oxygens (including phenoxy) is 3. The van der Waals surface area contributed by atoms with Gasteiger partial charge >= 0.3 is 0 Å². The smallest absolute Gasteiger partial charge is 0.249 e. The lowest BCUT2D eigenvalue weighted by Crippen LogP contribution is -2.03.